The number of pyridine rings is 1. The zero-order valence-corrected chi connectivity index (χ0v) is 12.6. The summed E-state index contributed by atoms with van der Waals surface area (Å²) in [5.41, 5.74) is 2.20. The Labute approximate surface area is 120 Å². The van der Waals surface area contributed by atoms with Crippen LogP contribution in [0.25, 0.3) is 0 Å². The van der Waals surface area contributed by atoms with Gasteiger partial charge in [-0.1, -0.05) is 0 Å². The van der Waals surface area contributed by atoms with E-state index >= 15 is 0 Å². The van der Waals surface area contributed by atoms with Crippen molar-refractivity contribution >= 4 is 11.6 Å². The van der Waals surface area contributed by atoms with Gasteiger partial charge in [0.1, 0.15) is 0 Å². The highest BCUT2D eigenvalue weighted by Crippen LogP contribution is 2.33. The Balaban J connectivity index is 1.74. The Morgan fingerprint density at radius 2 is 1.95 bits per heavy atom. The summed E-state index contributed by atoms with van der Waals surface area (Å²) in [6.45, 7) is 8.90. The van der Waals surface area contributed by atoms with Gasteiger partial charge in [0, 0.05) is 30.9 Å². The summed E-state index contributed by atoms with van der Waals surface area (Å²) in [5.74, 6) is 0.216. The van der Waals surface area contributed by atoms with E-state index in [-0.39, 0.29) is 11.4 Å². The minimum Gasteiger partial charge on any atom is -0.307 e. The van der Waals surface area contributed by atoms with Crippen LogP contribution in [0, 0.1) is 0 Å². The molecule has 0 saturated carbocycles. The van der Waals surface area contributed by atoms with Crippen molar-refractivity contribution in [2.24, 2.45) is 0 Å². The van der Waals surface area contributed by atoms with Crippen molar-refractivity contribution in [3.63, 3.8) is 0 Å². The highest BCUT2D eigenvalue weighted by atomic mass is 16.2. The van der Waals surface area contributed by atoms with Crippen molar-refractivity contribution in [2.75, 3.05) is 18.0 Å². The van der Waals surface area contributed by atoms with Crippen LogP contribution in [-0.4, -0.2) is 40.5 Å². The zero-order chi connectivity index (χ0) is 14.3. The molecule has 0 radical (unpaired) electrons. The van der Waals surface area contributed by atoms with Gasteiger partial charge in [-0.25, -0.2) is 0 Å². The number of likely N-dealkylation sites (tertiary alicyclic amines) is 1. The summed E-state index contributed by atoms with van der Waals surface area (Å²) in [6.07, 6.45) is 4.35. The van der Waals surface area contributed by atoms with E-state index < -0.39 is 0 Å². The molecule has 20 heavy (non-hydrogen) atoms. The molecule has 0 N–H and O–H groups in total. The summed E-state index contributed by atoms with van der Waals surface area (Å²) >= 11 is 0. The third kappa shape index (κ3) is 2.33. The molecule has 1 saturated heterocycles. The van der Waals surface area contributed by atoms with Gasteiger partial charge in [0.25, 0.3) is 0 Å². The number of anilines is 1. The Morgan fingerprint density at radius 3 is 2.60 bits per heavy atom. The maximum atomic E-state index is 12.3. The van der Waals surface area contributed by atoms with E-state index in [0.717, 1.165) is 37.3 Å². The van der Waals surface area contributed by atoms with E-state index in [4.69, 9.17) is 0 Å². The number of nitrogens with zero attached hydrogens (tertiary/aromatic N) is 3. The third-order valence-electron chi connectivity index (χ3n) is 4.49. The summed E-state index contributed by atoms with van der Waals surface area (Å²) < 4.78 is 0. The van der Waals surface area contributed by atoms with Crippen LogP contribution in [0.15, 0.2) is 18.3 Å². The second-order valence-electron chi connectivity index (χ2n) is 6.80. The lowest BCUT2D eigenvalue weighted by molar-refractivity contribution is -0.118. The number of piperidine rings is 1. The number of amides is 1. The fourth-order valence-corrected chi connectivity index (χ4v) is 3.34. The number of hydrogen-bond donors (Lipinski definition) is 0. The Morgan fingerprint density at radius 1 is 1.25 bits per heavy atom. The molecule has 0 spiro atoms. The number of carbonyl (C=O) groups is 1. The highest BCUT2D eigenvalue weighted by molar-refractivity contribution is 6.01. The quantitative estimate of drug-likeness (QED) is 0.787. The second kappa shape index (κ2) is 4.85. The van der Waals surface area contributed by atoms with Crippen LogP contribution in [0.5, 0.6) is 0 Å². The first-order valence-electron chi connectivity index (χ1n) is 7.48. The van der Waals surface area contributed by atoms with E-state index in [9.17, 15) is 4.79 Å². The van der Waals surface area contributed by atoms with Crippen LogP contribution >= 0.6 is 0 Å². The number of carbonyl (C=O) groups excluding carboxylic acids is 1. The number of hydrogen-bond acceptors (Lipinski definition) is 3. The van der Waals surface area contributed by atoms with Gasteiger partial charge in [-0.3, -0.25) is 14.7 Å². The average Bonchev–Trinajstić information content (AvgIpc) is 2.73. The normalized spacial score (nSPS) is 21.4. The van der Waals surface area contributed by atoms with Gasteiger partial charge in [0.2, 0.25) is 5.91 Å². The molecule has 0 aliphatic carbocycles. The van der Waals surface area contributed by atoms with Crippen molar-refractivity contribution < 1.29 is 4.79 Å². The molecule has 3 rings (SSSR count). The van der Waals surface area contributed by atoms with Gasteiger partial charge in [-0.2, -0.15) is 0 Å². The van der Waals surface area contributed by atoms with E-state index in [1.54, 1.807) is 6.20 Å². The van der Waals surface area contributed by atoms with E-state index in [0.29, 0.717) is 12.5 Å². The summed E-state index contributed by atoms with van der Waals surface area (Å²) in [6, 6.07) is 4.30. The van der Waals surface area contributed by atoms with Crippen molar-refractivity contribution in [3.8, 4) is 0 Å². The standard InChI is InChI=1S/C16H23N3O/c1-16(2,3)18-9-6-12(7-10-18)19-14-5-4-8-17-13(14)11-15(19)20/h4-5,8,12H,6-7,9-11H2,1-3H3. The molecule has 1 aromatic heterocycles. The summed E-state index contributed by atoms with van der Waals surface area (Å²) in [7, 11) is 0. The molecule has 4 nitrogen and oxygen atoms in total. The molecule has 4 heteroatoms. The topological polar surface area (TPSA) is 36.4 Å². The first-order valence-corrected chi connectivity index (χ1v) is 7.48. The van der Waals surface area contributed by atoms with Crippen molar-refractivity contribution in [1.29, 1.82) is 0 Å². The molecule has 2 aliphatic heterocycles. The minimum atomic E-state index is 0.216. The maximum Gasteiger partial charge on any atom is 0.233 e. The Bertz CT molecular complexity index is 513. The second-order valence-corrected chi connectivity index (χ2v) is 6.80. The van der Waals surface area contributed by atoms with E-state index in [1.165, 1.54) is 0 Å². The molecule has 0 bridgehead atoms. The predicted molar refractivity (Wildman–Crippen MR) is 79.8 cm³/mol. The largest absolute Gasteiger partial charge is 0.307 e. The first kappa shape index (κ1) is 13.6. The number of fused-ring (bicyclic) bond motifs is 1. The van der Waals surface area contributed by atoms with Crippen LogP contribution in [0.4, 0.5) is 5.69 Å². The Kier molecular flexibility index (Phi) is 3.28. The average molecular weight is 273 g/mol. The molecule has 1 amide bonds. The van der Waals surface area contributed by atoms with Crippen molar-refractivity contribution in [3.05, 3.63) is 24.0 Å². The zero-order valence-electron chi connectivity index (χ0n) is 12.6. The lowest BCUT2D eigenvalue weighted by Crippen LogP contribution is -2.51. The fraction of sp³-hybridized carbons (Fsp3) is 0.625. The third-order valence-corrected chi connectivity index (χ3v) is 4.49. The first-order chi connectivity index (χ1) is 9.47. The van der Waals surface area contributed by atoms with Crippen LogP contribution < -0.4 is 4.90 Å². The van der Waals surface area contributed by atoms with Gasteiger partial charge in [0.05, 0.1) is 17.8 Å². The molecule has 1 fully saturated rings. The van der Waals surface area contributed by atoms with Crippen molar-refractivity contribution in [2.45, 2.75) is 51.6 Å². The lowest BCUT2D eigenvalue weighted by Gasteiger charge is -2.43. The molecule has 1 aromatic rings. The van der Waals surface area contributed by atoms with Crippen LogP contribution in [0.1, 0.15) is 39.3 Å². The molecule has 0 aromatic carbocycles. The van der Waals surface area contributed by atoms with Gasteiger partial charge >= 0.3 is 0 Å². The van der Waals surface area contributed by atoms with Crippen LogP contribution in [0.2, 0.25) is 0 Å². The van der Waals surface area contributed by atoms with Crippen molar-refractivity contribution in [1.82, 2.24) is 9.88 Å². The van der Waals surface area contributed by atoms with Gasteiger partial charge in [-0.05, 0) is 45.7 Å². The smallest absolute Gasteiger partial charge is 0.233 e. The molecular weight excluding hydrogens is 250 g/mol. The molecular formula is C16H23N3O. The van der Waals surface area contributed by atoms with E-state index in [1.807, 2.05) is 17.0 Å². The predicted octanol–water partition coefficient (Wildman–Crippen LogP) is 2.23. The molecule has 108 valence electrons. The van der Waals surface area contributed by atoms with E-state index in [2.05, 4.69) is 30.7 Å². The molecule has 2 aliphatic rings. The summed E-state index contributed by atoms with van der Waals surface area (Å²) in [5, 5.41) is 0. The highest BCUT2D eigenvalue weighted by Gasteiger charge is 2.36. The lowest BCUT2D eigenvalue weighted by atomic mass is 9.97. The Hall–Kier alpha value is -1.42. The molecule has 0 atom stereocenters. The SMILES string of the molecule is CC(C)(C)N1CCC(N2C(=O)Cc3ncccc32)CC1. The van der Waals surface area contributed by atoms with Gasteiger partial charge in [0.15, 0.2) is 0 Å². The van der Waals surface area contributed by atoms with Gasteiger partial charge < -0.3 is 4.90 Å². The number of aromatic nitrogens is 1. The molecule has 3 heterocycles. The van der Waals surface area contributed by atoms with Crippen LogP contribution in [-0.2, 0) is 11.2 Å². The molecule has 0 unspecified atom stereocenters. The van der Waals surface area contributed by atoms with Crippen LogP contribution in [0.3, 0.4) is 0 Å². The summed E-state index contributed by atoms with van der Waals surface area (Å²) in [4.78, 5) is 21.1. The monoisotopic (exact) mass is 273 g/mol. The fourth-order valence-electron chi connectivity index (χ4n) is 3.34. The van der Waals surface area contributed by atoms with Gasteiger partial charge in [-0.15, -0.1) is 0 Å². The number of rotatable bonds is 1. The minimum absolute atomic E-state index is 0.216. The maximum absolute atomic E-state index is 12.3.